The van der Waals surface area contributed by atoms with E-state index in [1.165, 1.54) is 0 Å². The first-order chi connectivity index (χ1) is 10.6. The van der Waals surface area contributed by atoms with Crippen LogP contribution in [0.25, 0.3) is 0 Å². The van der Waals surface area contributed by atoms with Crippen molar-refractivity contribution >= 4 is 23.8 Å². The number of carbonyl (C=O) groups excluding carboxylic acids is 2. The number of benzene rings is 2. The largest absolute Gasteiger partial charge is 0.445 e. The van der Waals surface area contributed by atoms with Crippen LogP contribution < -0.4 is 5.32 Å². The van der Waals surface area contributed by atoms with Gasteiger partial charge in [-0.2, -0.15) is 0 Å². The van der Waals surface area contributed by atoms with Crippen LogP contribution in [0.2, 0.25) is 0 Å². The van der Waals surface area contributed by atoms with Crippen LogP contribution in [-0.4, -0.2) is 17.3 Å². The zero-order valence-corrected chi connectivity index (χ0v) is 12.8. The summed E-state index contributed by atoms with van der Waals surface area (Å²) in [5.41, 5.74) is 1.83. The van der Waals surface area contributed by atoms with E-state index < -0.39 is 17.3 Å². The first kappa shape index (κ1) is 16.1. The van der Waals surface area contributed by atoms with Crippen molar-refractivity contribution < 1.29 is 14.3 Å². The van der Waals surface area contributed by atoms with Crippen molar-refractivity contribution in [2.24, 2.45) is 0 Å². The van der Waals surface area contributed by atoms with E-state index in [-0.39, 0.29) is 6.61 Å². The highest BCUT2D eigenvalue weighted by molar-refractivity contribution is 7.96. The lowest BCUT2D eigenvalue weighted by Crippen LogP contribution is -2.40. The molecule has 0 saturated carbocycles. The van der Waals surface area contributed by atoms with Gasteiger partial charge in [-0.15, -0.1) is 12.6 Å². The van der Waals surface area contributed by atoms with Gasteiger partial charge in [-0.05, 0) is 11.1 Å². The summed E-state index contributed by atoms with van der Waals surface area (Å²) >= 11 is 3.83. The predicted molar refractivity (Wildman–Crippen MR) is 87.7 cm³/mol. The lowest BCUT2D eigenvalue weighted by molar-refractivity contribution is -0.112. The fourth-order valence-corrected chi connectivity index (χ4v) is 2.11. The van der Waals surface area contributed by atoms with Crippen LogP contribution in [0, 0.1) is 0 Å². The predicted octanol–water partition coefficient (Wildman–Crippen LogP) is 2.98. The Kier molecular flexibility index (Phi) is 6.03. The number of carbonyl (C=O) groups is 2. The number of ether oxygens (including phenoxy) is 1. The van der Waals surface area contributed by atoms with Crippen molar-refractivity contribution in [3.63, 3.8) is 0 Å². The Bertz CT molecular complexity index is 616. The third kappa shape index (κ3) is 5.26. The SMILES string of the molecule is O=C(N[C@H](Cc1ccccc1)C(=O)S)OCc1ccccc1. The van der Waals surface area contributed by atoms with Crippen molar-refractivity contribution in [1.82, 2.24) is 5.32 Å². The van der Waals surface area contributed by atoms with Crippen molar-refractivity contribution in [2.45, 2.75) is 19.1 Å². The minimum Gasteiger partial charge on any atom is -0.445 e. The van der Waals surface area contributed by atoms with Crippen LogP contribution in [0.15, 0.2) is 60.7 Å². The van der Waals surface area contributed by atoms with E-state index in [1.807, 2.05) is 60.7 Å². The van der Waals surface area contributed by atoms with Gasteiger partial charge < -0.3 is 10.1 Å². The van der Waals surface area contributed by atoms with E-state index in [9.17, 15) is 9.59 Å². The molecule has 2 rings (SSSR count). The van der Waals surface area contributed by atoms with Crippen LogP contribution in [-0.2, 0) is 22.6 Å². The van der Waals surface area contributed by atoms with Crippen LogP contribution in [0.3, 0.4) is 0 Å². The Morgan fingerprint density at radius 2 is 1.50 bits per heavy atom. The summed E-state index contributed by atoms with van der Waals surface area (Å²) in [7, 11) is 0. The molecule has 0 aliphatic carbocycles. The van der Waals surface area contributed by atoms with Crippen LogP contribution in [0.5, 0.6) is 0 Å². The Morgan fingerprint density at radius 1 is 0.955 bits per heavy atom. The molecule has 5 heteroatoms. The average molecular weight is 315 g/mol. The quantitative estimate of drug-likeness (QED) is 0.806. The second-order valence-corrected chi connectivity index (χ2v) is 5.23. The number of alkyl carbamates (subject to hydrolysis) is 1. The molecule has 0 fully saturated rings. The monoisotopic (exact) mass is 315 g/mol. The molecule has 0 bridgehead atoms. The Labute approximate surface area is 134 Å². The first-order valence-electron chi connectivity index (χ1n) is 6.89. The maximum atomic E-state index is 11.8. The molecule has 4 nitrogen and oxygen atoms in total. The molecule has 0 spiro atoms. The van der Waals surface area contributed by atoms with E-state index in [4.69, 9.17) is 4.74 Å². The molecule has 0 aliphatic heterocycles. The smallest absolute Gasteiger partial charge is 0.408 e. The molecule has 1 amide bonds. The van der Waals surface area contributed by atoms with Gasteiger partial charge in [-0.1, -0.05) is 60.7 Å². The molecular weight excluding hydrogens is 298 g/mol. The normalized spacial score (nSPS) is 11.5. The van der Waals surface area contributed by atoms with Crippen LogP contribution in [0.4, 0.5) is 4.79 Å². The van der Waals surface area contributed by atoms with Gasteiger partial charge in [0.2, 0.25) is 5.12 Å². The van der Waals surface area contributed by atoms with Crippen molar-refractivity contribution in [1.29, 1.82) is 0 Å². The topological polar surface area (TPSA) is 55.4 Å². The highest BCUT2D eigenvalue weighted by Crippen LogP contribution is 2.06. The third-order valence-corrected chi connectivity index (χ3v) is 3.40. The van der Waals surface area contributed by atoms with Gasteiger partial charge in [0.1, 0.15) is 12.6 Å². The summed E-state index contributed by atoms with van der Waals surface area (Å²) in [4.78, 5) is 23.4. The zero-order valence-electron chi connectivity index (χ0n) is 11.9. The molecule has 114 valence electrons. The fraction of sp³-hybridized carbons (Fsp3) is 0.176. The summed E-state index contributed by atoms with van der Waals surface area (Å²) < 4.78 is 5.11. The average Bonchev–Trinajstić information content (AvgIpc) is 2.54. The van der Waals surface area contributed by atoms with Gasteiger partial charge in [0, 0.05) is 6.42 Å². The Hall–Kier alpha value is -2.27. The lowest BCUT2D eigenvalue weighted by atomic mass is 10.1. The number of thiol groups is 1. The molecule has 2 aromatic rings. The molecule has 0 aliphatic rings. The summed E-state index contributed by atoms with van der Waals surface area (Å²) in [5.74, 6) is 0. The van der Waals surface area contributed by atoms with Gasteiger partial charge in [0.15, 0.2) is 0 Å². The highest BCUT2D eigenvalue weighted by atomic mass is 32.1. The van der Waals surface area contributed by atoms with Crippen molar-refractivity contribution in [3.05, 3.63) is 71.8 Å². The molecule has 0 saturated heterocycles. The molecule has 1 N–H and O–H groups in total. The standard InChI is InChI=1S/C17H17NO3S/c19-16(22)15(11-13-7-3-1-4-8-13)18-17(20)21-12-14-9-5-2-6-10-14/h1-10,15H,11-12H2,(H,18,20)(H,19,22)/t15-/m1/s1. The summed E-state index contributed by atoms with van der Waals surface area (Å²) in [6.45, 7) is 0.158. The number of hydrogen-bond donors (Lipinski definition) is 2. The van der Waals surface area contributed by atoms with E-state index >= 15 is 0 Å². The number of amides is 1. The van der Waals surface area contributed by atoms with E-state index in [2.05, 4.69) is 17.9 Å². The van der Waals surface area contributed by atoms with Gasteiger partial charge >= 0.3 is 6.09 Å². The summed E-state index contributed by atoms with van der Waals surface area (Å²) in [6, 6.07) is 18.1. The van der Waals surface area contributed by atoms with Gasteiger partial charge in [0.25, 0.3) is 0 Å². The molecule has 0 aromatic heterocycles. The maximum Gasteiger partial charge on any atom is 0.408 e. The van der Waals surface area contributed by atoms with Crippen molar-refractivity contribution in [2.75, 3.05) is 0 Å². The molecule has 22 heavy (non-hydrogen) atoms. The third-order valence-electron chi connectivity index (χ3n) is 3.09. The number of nitrogens with one attached hydrogen (secondary N) is 1. The fourth-order valence-electron chi connectivity index (χ4n) is 1.96. The van der Waals surface area contributed by atoms with Gasteiger partial charge in [-0.25, -0.2) is 4.79 Å². The number of rotatable bonds is 6. The molecular formula is C17H17NO3S. The Balaban J connectivity index is 1.88. The minimum absolute atomic E-state index is 0.158. The van der Waals surface area contributed by atoms with E-state index in [1.54, 1.807) is 0 Å². The zero-order chi connectivity index (χ0) is 15.8. The molecule has 0 unspecified atom stereocenters. The van der Waals surface area contributed by atoms with Crippen molar-refractivity contribution in [3.8, 4) is 0 Å². The van der Waals surface area contributed by atoms with Crippen LogP contribution in [0.1, 0.15) is 11.1 Å². The van der Waals surface area contributed by atoms with E-state index in [0.29, 0.717) is 6.42 Å². The van der Waals surface area contributed by atoms with Gasteiger partial charge in [-0.3, -0.25) is 4.79 Å². The molecule has 0 radical (unpaired) electrons. The first-order valence-corrected chi connectivity index (χ1v) is 7.34. The highest BCUT2D eigenvalue weighted by Gasteiger charge is 2.19. The second kappa shape index (κ2) is 8.24. The Morgan fingerprint density at radius 3 is 2.05 bits per heavy atom. The lowest BCUT2D eigenvalue weighted by Gasteiger charge is -2.15. The second-order valence-electron chi connectivity index (χ2n) is 4.79. The number of hydrogen-bond acceptors (Lipinski definition) is 3. The molecule has 2 aromatic carbocycles. The summed E-state index contributed by atoms with van der Waals surface area (Å²) in [5, 5.41) is 2.15. The van der Waals surface area contributed by atoms with Gasteiger partial charge in [0.05, 0.1) is 0 Å². The van der Waals surface area contributed by atoms with E-state index in [0.717, 1.165) is 11.1 Å². The molecule has 0 heterocycles. The summed E-state index contributed by atoms with van der Waals surface area (Å²) in [6.07, 6.45) is -0.254. The molecule has 1 atom stereocenters. The minimum atomic E-state index is -0.714. The maximum absolute atomic E-state index is 11.8. The van der Waals surface area contributed by atoms with Crippen LogP contribution >= 0.6 is 12.6 Å².